The monoisotopic (exact) mass is 255 g/mol. The standard InChI is InChI=1S/C10H16F3NO3/c11-10(12,13)7-17-5-8(16)14-6-9(1-2-9)3-4-15/h15H,1-7H2,(H,14,16). The summed E-state index contributed by atoms with van der Waals surface area (Å²) in [5.41, 5.74) is -0.0472. The number of hydrogen-bond donors (Lipinski definition) is 2. The zero-order valence-electron chi connectivity index (χ0n) is 9.35. The molecule has 0 radical (unpaired) electrons. The molecule has 0 unspecified atom stereocenters. The molecular formula is C10H16F3NO3. The van der Waals surface area contributed by atoms with Gasteiger partial charge in [0, 0.05) is 13.2 Å². The minimum Gasteiger partial charge on any atom is -0.396 e. The smallest absolute Gasteiger partial charge is 0.396 e. The van der Waals surface area contributed by atoms with Gasteiger partial charge < -0.3 is 15.2 Å². The molecule has 0 aromatic rings. The van der Waals surface area contributed by atoms with Crippen molar-refractivity contribution in [2.45, 2.75) is 25.4 Å². The fourth-order valence-corrected chi connectivity index (χ4v) is 1.53. The van der Waals surface area contributed by atoms with E-state index in [0.29, 0.717) is 13.0 Å². The quantitative estimate of drug-likeness (QED) is 0.709. The molecule has 1 aliphatic rings. The summed E-state index contributed by atoms with van der Waals surface area (Å²) in [6, 6.07) is 0. The Morgan fingerprint density at radius 3 is 2.53 bits per heavy atom. The third kappa shape index (κ3) is 5.88. The molecule has 0 aliphatic heterocycles. The van der Waals surface area contributed by atoms with E-state index in [9.17, 15) is 18.0 Å². The van der Waals surface area contributed by atoms with Gasteiger partial charge in [-0.05, 0) is 24.7 Å². The van der Waals surface area contributed by atoms with Gasteiger partial charge in [-0.3, -0.25) is 4.79 Å². The van der Waals surface area contributed by atoms with Crippen LogP contribution in [0.2, 0.25) is 0 Å². The van der Waals surface area contributed by atoms with Crippen molar-refractivity contribution in [2.75, 3.05) is 26.4 Å². The lowest BCUT2D eigenvalue weighted by Crippen LogP contribution is -2.34. The Balaban J connectivity index is 2.10. The SMILES string of the molecule is O=C(COCC(F)(F)F)NCC1(CCO)CC1. The van der Waals surface area contributed by atoms with Crippen molar-refractivity contribution >= 4 is 5.91 Å². The van der Waals surface area contributed by atoms with Crippen LogP contribution in [-0.2, 0) is 9.53 Å². The third-order valence-electron chi connectivity index (χ3n) is 2.76. The summed E-state index contributed by atoms with van der Waals surface area (Å²) in [6.45, 7) is -1.56. The third-order valence-corrected chi connectivity index (χ3v) is 2.76. The molecule has 2 N–H and O–H groups in total. The van der Waals surface area contributed by atoms with Crippen LogP contribution in [0.5, 0.6) is 0 Å². The maximum Gasteiger partial charge on any atom is 0.411 e. The van der Waals surface area contributed by atoms with E-state index in [2.05, 4.69) is 10.1 Å². The van der Waals surface area contributed by atoms with Gasteiger partial charge in [0.25, 0.3) is 0 Å². The normalized spacial score (nSPS) is 17.9. The number of nitrogens with one attached hydrogen (secondary N) is 1. The number of alkyl halides is 3. The minimum atomic E-state index is -4.41. The van der Waals surface area contributed by atoms with Crippen LogP contribution in [0.3, 0.4) is 0 Å². The van der Waals surface area contributed by atoms with Crippen molar-refractivity contribution in [3.63, 3.8) is 0 Å². The molecule has 0 atom stereocenters. The van der Waals surface area contributed by atoms with E-state index in [0.717, 1.165) is 12.8 Å². The van der Waals surface area contributed by atoms with Crippen LogP contribution < -0.4 is 5.32 Å². The first kappa shape index (κ1) is 14.2. The molecule has 0 aromatic carbocycles. The summed E-state index contributed by atoms with van der Waals surface area (Å²) in [5, 5.41) is 11.3. The molecule has 17 heavy (non-hydrogen) atoms. The number of carbonyl (C=O) groups is 1. The van der Waals surface area contributed by atoms with Gasteiger partial charge in [0.05, 0.1) is 0 Å². The molecule has 1 saturated carbocycles. The maximum atomic E-state index is 11.7. The van der Waals surface area contributed by atoms with Gasteiger partial charge in [-0.2, -0.15) is 13.2 Å². The molecular weight excluding hydrogens is 239 g/mol. The van der Waals surface area contributed by atoms with Gasteiger partial charge in [-0.15, -0.1) is 0 Å². The van der Waals surface area contributed by atoms with Crippen molar-refractivity contribution in [3.8, 4) is 0 Å². The Kier molecular flexibility index (Phi) is 4.76. The first-order chi connectivity index (χ1) is 7.87. The number of rotatable bonds is 7. The molecule has 0 heterocycles. The lowest BCUT2D eigenvalue weighted by molar-refractivity contribution is -0.175. The highest BCUT2D eigenvalue weighted by Crippen LogP contribution is 2.47. The first-order valence-corrected chi connectivity index (χ1v) is 5.39. The number of hydrogen-bond acceptors (Lipinski definition) is 3. The van der Waals surface area contributed by atoms with Crippen LogP contribution in [0.4, 0.5) is 13.2 Å². The van der Waals surface area contributed by atoms with Gasteiger partial charge >= 0.3 is 6.18 Å². The highest BCUT2D eigenvalue weighted by molar-refractivity contribution is 5.77. The summed E-state index contributed by atoms with van der Waals surface area (Å²) >= 11 is 0. The van der Waals surface area contributed by atoms with Crippen LogP contribution in [0.15, 0.2) is 0 Å². The number of aliphatic hydroxyl groups is 1. The second-order valence-corrected chi connectivity index (χ2v) is 4.36. The summed E-state index contributed by atoms with van der Waals surface area (Å²) in [6.07, 6.45) is -1.94. The van der Waals surface area contributed by atoms with Crippen LogP contribution in [0, 0.1) is 5.41 Å². The Hall–Kier alpha value is -0.820. The molecule has 1 amide bonds. The highest BCUT2D eigenvalue weighted by Gasteiger charge is 2.41. The lowest BCUT2D eigenvalue weighted by Gasteiger charge is -2.14. The summed E-state index contributed by atoms with van der Waals surface area (Å²) in [4.78, 5) is 11.1. The second-order valence-electron chi connectivity index (χ2n) is 4.36. The number of halogens is 3. The summed E-state index contributed by atoms with van der Waals surface area (Å²) < 4.78 is 39.3. The van der Waals surface area contributed by atoms with Crippen LogP contribution in [0.1, 0.15) is 19.3 Å². The molecule has 4 nitrogen and oxygen atoms in total. The van der Waals surface area contributed by atoms with Gasteiger partial charge in [-0.25, -0.2) is 0 Å². The van der Waals surface area contributed by atoms with Crippen LogP contribution in [-0.4, -0.2) is 43.6 Å². The molecule has 0 aromatic heterocycles. The second kappa shape index (κ2) is 5.68. The van der Waals surface area contributed by atoms with Gasteiger partial charge in [0.1, 0.15) is 13.2 Å². The van der Waals surface area contributed by atoms with E-state index >= 15 is 0 Å². The van der Waals surface area contributed by atoms with Crippen molar-refractivity contribution in [1.29, 1.82) is 0 Å². The van der Waals surface area contributed by atoms with E-state index in [1.807, 2.05) is 0 Å². The van der Waals surface area contributed by atoms with E-state index in [4.69, 9.17) is 5.11 Å². The largest absolute Gasteiger partial charge is 0.411 e. The average Bonchev–Trinajstić information content (AvgIpc) is 2.94. The fourth-order valence-electron chi connectivity index (χ4n) is 1.53. The molecule has 100 valence electrons. The molecule has 1 aliphatic carbocycles. The fraction of sp³-hybridized carbons (Fsp3) is 0.900. The Morgan fingerprint density at radius 2 is 2.06 bits per heavy atom. The predicted molar refractivity (Wildman–Crippen MR) is 53.3 cm³/mol. The highest BCUT2D eigenvalue weighted by atomic mass is 19.4. The molecule has 1 fully saturated rings. The van der Waals surface area contributed by atoms with Crippen molar-refractivity contribution < 1.29 is 27.8 Å². The van der Waals surface area contributed by atoms with Gasteiger partial charge in [-0.1, -0.05) is 0 Å². The Labute approximate surface area is 97.1 Å². The number of amides is 1. The lowest BCUT2D eigenvalue weighted by atomic mass is 10.0. The Morgan fingerprint density at radius 1 is 1.41 bits per heavy atom. The van der Waals surface area contributed by atoms with E-state index in [1.165, 1.54) is 0 Å². The first-order valence-electron chi connectivity index (χ1n) is 5.39. The van der Waals surface area contributed by atoms with E-state index in [1.54, 1.807) is 0 Å². The minimum absolute atomic E-state index is 0.0472. The average molecular weight is 255 g/mol. The summed E-state index contributed by atoms with van der Waals surface area (Å²) in [5.74, 6) is -0.557. The van der Waals surface area contributed by atoms with E-state index < -0.39 is 25.3 Å². The van der Waals surface area contributed by atoms with Crippen molar-refractivity contribution in [1.82, 2.24) is 5.32 Å². The topological polar surface area (TPSA) is 58.6 Å². The van der Waals surface area contributed by atoms with Crippen LogP contribution >= 0.6 is 0 Å². The van der Waals surface area contributed by atoms with Crippen molar-refractivity contribution in [2.24, 2.45) is 5.41 Å². The number of ether oxygens (including phenoxy) is 1. The molecule has 0 saturated heterocycles. The Bertz CT molecular complexity index is 264. The summed E-state index contributed by atoms with van der Waals surface area (Å²) in [7, 11) is 0. The molecule has 0 spiro atoms. The van der Waals surface area contributed by atoms with E-state index in [-0.39, 0.29) is 12.0 Å². The van der Waals surface area contributed by atoms with Crippen molar-refractivity contribution in [3.05, 3.63) is 0 Å². The molecule has 1 rings (SSSR count). The predicted octanol–water partition coefficient (Wildman–Crippen LogP) is 0.844. The number of aliphatic hydroxyl groups excluding tert-OH is 1. The molecule has 7 heteroatoms. The zero-order valence-corrected chi connectivity index (χ0v) is 9.35. The molecule has 0 bridgehead atoms. The number of carbonyl (C=O) groups excluding carboxylic acids is 1. The maximum absolute atomic E-state index is 11.7. The van der Waals surface area contributed by atoms with Crippen LogP contribution in [0.25, 0.3) is 0 Å². The zero-order chi connectivity index (χ0) is 12.9. The van der Waals surface area contributed by atoms with Gasteiger partial charge in [0.15, 0.2) is 0 Å². The van der Waals surface area contributed by atoms with Gasteiger partial charge in [0.2, 0.25) is 5.91 Å².